The van der Waals surface area contributed by atoms with Crippen LogP contribution in [0, 0.1) is 0 Å². The molecule has 0 saturated carbocycles. The van der Waals surface area contributed by atoms with E-state index in [4.69, 9.17) is 33.7 Å². The molecular weight excluding hydrogens is 365 g/mol. The topological polar surface area (TPSA) is 73.6 Å². The molecule has 2 rings (SSSR count). The van der Waals surface area contributed by atoms with Crippen LogP contribution in [0.3, 0.4) is 0 Å². The molecule has 0 radical (unpaired) electrons. The molecule has 9 heteroatoms. The number of rotatable bonds is 5. The van der Waals surface area contributed by atoms with Gasteiger partial charge < -0.3 is 20.5 Å². The predicted molar refractivity (Wildman–Crippen MR) is 88.5 cm³/mol. The number of nitrogens with one attached hydrogen (secondary N) is 1. The fraction of sp³-hybridized carbons (Fsp3) is 0.133. The van der Waals surface area contributed by atoms with E-state index in [1.165, 1.54) is 37.4 Å². The average Bonchev–Trinajstić information content (AvgIpc) is 2.52. The Balaban J connectivity index is 2.24. The lowest BCUT2D eigenvalue weighted by atomic mass is 10.1. The number of amides is 1. The first kappa shape index (κ1) is 18.1. The first-order chi connectivity index (χ1) is 11.3. The highest BCUT2D eigenvalue weighted by Crippen LogP contribution is 2.32. The van der Waals surface area contributed by atoms with Gasteiger partial charge in [0.1, 0.15) is 0 Å². The van der Waals surface area contributed by atoms with Gasteiger partial charge in [-0.25, -0.2) is 0 Å². The zero-order chi connectivity index (χ0) is 17.9. The zero-order valence-corrected chi connectivity index (χ0v) is 13.8. The van der Waals surface area contributed by atoms with Gasteiger partial charge >= 0.3 is 6.61 Å². The average molecular weight is 377 g/mol. The Morgan fingerprint density at radius 3 is 2.33 bits per heavy atom. The van der Waals surface area contributed by atoms with E-state index >= 15 is 0 Å². The van der Waals surface area contributed by atoms with Gasteiger partial charge in [0.2, 0.25) is 0 Å². The number of benzene rings is 2. The Bertz CT molecular complexity index is 749. The van der Waals surface area contributed by atoms with Crippen molar-refractivity contribution in [2.75, 3.05) is 18.2 Å². The highest BCUT2D eigenvalue weighted by Gasteiger charge is 2.15. The molecule has 0 saturated heterocycles. The maximum Gasteiger partial charge on any atom is 0.387 e. The fourth-order valence-corrected chi connectivity index (χ4v) is 2.35. The molecule has 0 aliphatic carbocycles. The molecule has 0 unspecified atom stereocenters. The number of nitrogen functional groups attached to an aromatic ring is 1. The summed E-state index contributed by atoms with van der Waals surface area (Å²) in [4.78, 5) is 12.3. The molecule has 0 spiro atoms. The Morgan fingerprint density at radius 2 is 1.79 bits per heavy atom. The molecule has 0 bridgehead atoms. The summed E-state index contributed by atoms with van der Waals surface area (Å²) in [6.07, 6.45) is 0. The number of nitrogens with two attached hydrogens (primary N) is 1. The van der Waals surface area contributed by atoms with Gasteiger partial charge in [0, 0.05) is 11.3 Å². The van der Waals surface area contributed by atoms with E-state index < -0.39 is 12.5 Å². The molecule has 0 aliphatic heterocycles. The Labute approximate surface area is 146 Å². The minimum Gasteiger partial charge on any atom is -0.493 e. The van der Waals surface area contributed by atoms with Crippen LogP contribution in [-0.2, 0) is 0 Å². The molecule has 0 atom stereocenters. The van der Waals surface area contributed by atoms with Gasteiger partial charge in [-0.15, -0.1) is 0 Å². The highest BCUT2D eigenvalue weighted by molar-refractivity contribution is 6.39. The third kappa shape index (κ3) is 4.18. The van der Waals surface area contributed by atoms with Crippen molar-refractivity contribution in [3.05, 3.63) is 45.9 Å². The Kier molecular flexibility index (Phi) is 5.69. The van der Waals surface area contributed by atoms with E-state index in [0.717, 1.165) is 0 Å². The zero-order valence-electron chi connectivity index (χ0n) is 12.3. The lowest BCUT2D eigenvalue weighted by Gasteiger charge is -2.12. The standard InChI is InChI=1S/C15H12Cl2F2N2O3/c1-23-12-4-7(2-3-11(12)24-15(18)19)14(22)21-8-5-9(16)13(20)10(17)6-8/h2-6,15H,20H2,1H3,(H,21,22). The van der Waals surface area contributed by atoms with E-state index in [9.17, 15) is 13.6 Å². The summed E-state index contributed by atoms with van der Waals surface area (Å²) in [5, 5.41) is 2.95. The van der Waals surface area contributed by atoms with E-state index in [1.54, 1.807) is 0 Å². The summed E-state index contributed by atoms with van der Waals surface area (Å²) < 4.78 is 33.8. The summed E-state index contributed by atoms with van der Waals surface area (Å²) in [5.74, 6) is -0.701. The minimum atomic E-state index is -3.00. The number of alkyl halides is 2. The summed E-state index contributed by atoms with van der Waals surface area (Å²) in [5.41, 5.74) is 6.31. The van der Waals surface area contributed by atoms with Crippen LogP contribution in [0.2, 0.25) is 10.0 Å². The van der Waals surface area contributed by atoms with Crippen molar-refractivity contribution in [2.45, 2.75) is 6.61 Å². The van der Waals surface area contributed by atoms with Crippen LogP contribution in [0.25, 0.3) is 0 Å². The molecular formula is C15H12Cl2F2N2O3. The molecule has 2 aromatic rings. The van der Waals surface area contributed by atoms with Crippen molar-refractivity contribution < 1.29 is 23.0 Å². The lowest BCUT2D eigenvalue weighted by Crippen LogP contribution is -2.13. The van der Waals surface area contributed by atoms with Gasteiger partial charge in [-0.3, -0.25) is 4.79 Å². The summed E-state index contributed by atoms with van der Waals surface area (Å²) in [7, 11) is 1.27. The molecule has 128 valence electrons. The first-order valence-corrected chi connectivity index (χ1v) is 7.26. The molecule has 24 heavy (non-hydrogen) atoms. The van der Waals surface area contributed by atoms with Crippen molar-refractivity contribution in [1.82, 2.24) is 0 Å². The molecule has 0 aliphatic rings. The third-order valence-electron chi connectivity index (χ3n) is 2.98. The number of hydrogen-bond donors (Lipinski definition) is 2. The minimum absolute atomic E-state index is 0.00341. The van der Waals surface area contributed by atoms with Crippen LogP contribution in [0.4, 0.5) is 20.2 Å². The van der Waals surface area contributed by atoms with Crippen LogP contribution in [0.15, 0.2) is 30.3 Å². The number of anilines is 2. The smallest absolute Gasteiger partial charge is 0.387 e. The fourth-order valence-electron chi connectivity index (χ4n) is 1.86. The maximum absolute atomic E-state index is 12.3. The van der Waals surface area contributed by atoms with Crippen molar-refractivity contribution in [3.63, 3.8) is 0 Å². The quantitative estimate of drug-likeness (QED) is 0.756. The largest absolute Gasteiger partial charge is 0.493 e. The maximum atomic E-state index is 12.3. The van der Waals surface area contributed by atoms with Gasteiger partial charge in [-0.2, -0.15) is 8.78 Å². The highest BCUT2D eigenvalue weighted by atomic mass is 35.5. The van der Waals surface area contributed by atoms with E-state index in [-0.39, 0.29) is 32.8 Å². The number of halogens is 4. The van der Waals surface area contributed by atoms with Crippen molar-refractivity contribution in [2.24, 2.45) is 0 Å². The normalized spacial score (nSPS) is 10.6. The number of carbonyl (C=O) groups is 1. The molecule has 0 fully saturated rings. The molecule has 3 N–H and O–H groups in total. The Morgan fingerprint density at radius 1 is 1.17 bits per heavy atom. The van der Waals surface area contributed by atoms with E-state index in [0.29, 0.717) is 5.69 Å². The number of ether oxygens (including phenoxy) is 2. The molecule has 0 heterocycles. The first-order valence-electron chi connectivity index (χ1n) is 6.50. The van der Waals surface area contributed by atoms with Crippen LogP contribution in [0.1, 0.15) is 10.4 Å². The van der Waals surface area contributed by atoms with Gasteiger partial charge in [0.05, 0.1) is 22.8 Å². The van der Waals surface area contributed by atoms with E-state index in [1.807, 2.05) is 0 Å². The number of carbonyl (C=O) groups excluding carboxylic acids is 1. The second kappa shape index (κ2) is 7.55. The van der Waals surface area contributed by atoms with Gasteiger partial charge in [0.25, 0.3) is 5.91 Å². The second-order valence-electron chi connectivity index (χ2n) is 4.55. The predicted octanol–water partition coefficient (Wildman–Crippen LogP) is 4.44. The summed E-state index contributed by atoms with van der Waals surface area (Å²) >= 11 is 11.8. The van der Waals surface area contributed by atoms with Gasteiger partial charge in [-0.1, -0.05) is 23.2 Å². The molecule has 5 nitrogen and oxygen atoms in total. The second-order valence-corrected chi connectivity index (χ2v) is 5.37. The summed E-state index contributed by atoms with van der Waals surface area (Å²) in [6.45, 7) is -3.00. The van der Waals surface area contributed by atoms with Crippen molar-refractivity contribution in [3.8, 4) is 11.5 Å². The van der Waals surface area contributed by atoms with Crippen LogP contribution < -0.4 is 20.5 Å². The number of methoxy groups -OCH3 is 1. The lowest BCUT2D eigenvalue weighted by molar-refractivity contribution is -0.0512. The van der Waals surface area contributed by atoms with Gasteiger partial charge in [0.15, 0.2) is 11.5 Å². The van der Waals surface area contributed by atoms with Crippen molar-refractivity contribution >= 4 is 40.5 Å². The Hall–Kier alpha value is -2.25. The third-order valence-corrected chi connectivity index (χ3v) is 3.60. The van der Waals surface area contributed by atoms with Crippen LogP contribution >= 0.6 is 23.2 Å². The van der Waals surface area contributed by atoms with E-state index in [2.05, 4.69) is 10.1 Å². The molecule has 2 aromatic carbocycles. The monoisotopic (exact) mass is 376 g/mol. The number of hydrogen-bond acceptors (Lipinski definition) is 4. The van der Waals surface area contributed by atoms with Crippen LogP contribution in [-0.4, -0.2) is 19.6 Å². The summed E-state index contributed by atoms with van der Waals surface area (Å²) in [6, 6.07) is 6.67. The molecule has 0 aromatic heterocycles. The SMILES string of the molecule is COc1cc(C(=O)Nc2cc(Cl)c(N)c(Cl)c2)ccc1OC(F)F. The van der Waals surface area contributed by atoms with Gasteiger partial charge in [-0.05, 0) is 30.3 Å². The van der Waals surface area contributed by atoms with Crippen LogP contribution in [0.5, 0.6) is 11.5 Å². The van der Waals surface area contributed by atoms with Crippen molar-refractivity contribution in [1.29, 1.82) is 0 Å². The molecule has 1 amide bonds.